The number of benzene rings is 2. The van der Waals surface area contributed by atoms with Gasteiger partial charge in [0.05, 0.1) is 12.6 Å². The molecule has 0 aliphatic carbocycles. The number of nitrogens with one attached hydrogen (secondary N) is 1. The van der Waals surface area contributed by atoms with Gasteiger partial charge in [0.25, 0.3) is 5.91 Å². The van der Waals surface area contributed by atoms with Gasteiger partial charge in [0.1, 0.15) is 17.3 Å². The Kier molecular flexibility index (Phi) is 3.75. The number of ether oxygens (including phenoxy) is 1. The number of hydrogen-bond donors (Lipinski definition) is 1. The Balaban J connectivity index is 1.75. The van der Waals surface area contributed by atoms with E-state index in [2.05, 4.69) is 4.98 Å². The van der Waals surface area contributed by atoms with Gasteiger partial charge in [0, 0.05) is 17.4 Å². The minimum atomic E-state index is -0.589. The lowest BCUT2D eigenvalue weighted by molar-refractivity contribution is 0.0505. The second-order valence-electron chi connectivity index (χ2n) is 7.14. The molecule has 26 heavy (non-hydrogen) atoms. The van der Waals surface area contributed by atoms with E-state index in [4.69, 9.17) is 4.74 Å². The summed E-state index contributed by atoms with van der Waals surface area (Å²) in [5, 5.41) is 0.875. The maximum absolute atomic E-state index is 14.2. The topological polar surface area (TPSA) is 45.3 Å². The zero-order chi connectivity index (χ0) is 18.5. The van der Waals surface area contributed by atoms with Crippen molar-refractivity contribution >= 4 is 16.8 Å². The van der Waals surface area contributed by atoms with Gasteiger partial charge in [-0.2, -0.15) is 0 Å². The van der Waals surface area contributed by atoms with Gasteiger partial charge in [-0.05, 0) is 55.7 Å². The van der Waals surface area contributed by atoms with Crippen LogP contribution in [0.15, 0.2) is 42.5 Å². The summed E-state index contributed by atoms with van der Waals surface area (Å²) in [6.07, 6.45) is 0.515. The molecule has 4 nitrogen and oxygen atoms in total. The number of amides is 1. The molecule has 2 heterocycles. The third-order valence-corrected chi connectivity index (χ3v) is 5.36. The van der Waals surface area contributed by atoms with Gasteiger partial charge in [0.15, 0.2) is 0 Å². The maximum atomic E-state index is 14.2. The summed E-state index contributed by atoms with van der Waals surface area (Å²) >= 11 is 0. The molecule has 1 aliphatic rings. The fourth-order valence-electron chi connectivity index (χ4n) is 3.96. The van der Waals surface area contributed by atoms with Crippen LogP contribution in [0.3, 0.4) is 0 Å². The summed E-state index contributed by atoms with van der Waals surface area (Å²) in [5.74, 6) is 0.435. The maximum Gasteiger partial charge on any atom is 0.271 e. The standard InChI is InChI=1S/C21H21FN2O2/c1-21(2)15-6-4-7-16(22)13(15)10-11-24(21)20(25)18-12-14-17(23-18)8-5-9-19(14)26-3/h4-9,12,23H,10-11H2,1-3H3. The highest BCUT2D eigenvalue weighted by molar-refractivity contribution is 6.00. The molecule has 0 bridgehead atoms. The lowest BCUT2D eigenvalue weighted by Crippen LogP contribution is -2.50. The minimum Gasteiger partial charge on any atom is -0.496 e. The van der Waals surface area contributed by atoms with Crippen LogP contribution in [0, 0.1) is 5.82 Å². The Morgan fingerprint density at radius 2 is 2.00 bits per heavy atom. The van der Waals surface area contributed by atoms with Crippen LogP contribution in [-0.2, 0) is 12.0 Å². The molecule has 0 atom stereocenters. The van der Waals surface area contributed by atoms with E-state index in [0.29, 0.717) is 24.2 Å². The van der Waals surface area contributed by atoms with E-state index >= 15 is 0 Å². The first-order valence-electron chi connectivity index (χ1n) is 8.69. The molecule has 5 heteroatoms. The van der Waals surface area contributed by atoms with Crippen LogP contribution in [0.5, 0.6) is 5.75 Å². The van der Waals surface area contributed by atoms with Crippen LogP contribution in [0.1, 0.15) is 35.5 Å². The lowest BCUT2D eigenvalue weighted by Gasteiger charge is -2.43. The first-order chi connectivity index (χ1) is 12.4. The summed E-state index contributed by atoms with van der Waals surface area (Å²) < 4.78 is 19.5. The fraction of sp³-hybridized carbons (Fsp3) is 0.286. The van der Waals surface area contributed by atoms with Crippen LogP contribution >= 0.6 is 0 Å². The van der Waals surface area contributed by atoms with Crippen LogP contribution in [0.4, 0.5) is 4.39 Å². The molecule has 1 N–H and O–H groups in total. The van der Waals surface area contributed by atoms with Gasteiger partial charge >= 0.3 is 0 Å². The molecule has 0 saturated carbocycles. The summed E-state index contributed by atoms with van der Waals surface area (Å²) in [6, 6.07) is 12.6. The number of aromatic amines is 1. The average Bonchev–Trinajstić information content (AvgIpc) is 3.06. The average molecular weight is 352 g/mol. The predicted molar refractivity (Wildman–Crippen MR) is 99.0 cm³/mol. The van der Waals surface area contributed by atoms with Crippen LogP contribution in [-0.4, -0.2) is 29.4 Å². The van der Waals surface area contributed by atoms with E-state index < -0.39 is 5.54 Å². The molecule has 2 aromatic carbocycles. The SMILES string of the molecule is COc1cccc2[nH]c(C(=O)N3CCc4c(F)cccc4C3(C)C)cc12. The molecule has 3 aromatic rings. The van der Waals surface area contributed by atoms with E-state index in [1.807, 2.05) is 49.1 Å². The van der Waals surface area contributed by atoms with Crippen molar-refractivity contribution < 1.29 is 13.9 Å². The number of nitrogens with zero attached hydrogens (tertiary/aromatic N) is 1. The Morgan fingerprint density at radius 3 is 2.77 bits per heavy atom. The number of methoxy groups -OCH3 is 1. The Labute approximate surface area is 151 Å². The molecule has 0 fully saturated rings. The first kappa shape index (κ1) is 16.6. The molecule has 1 amide bonds. The quantitative estimate of drug-likeness (QED) is 0.749. The van der Waals surface area contributed by atoms with Crippen LogP contribution in [0.25, 0.3) is 10.9 Å². The van der Waals surface area contributed by atoms with Crippen molar-refractivity contribution in [1.29, 1.82) is 0 Å². The number of carbonyl (C=O) groups is 1. The second-order valence-corrected chi connectivity index (χ2v) is 7.14. The van der Waals surface area contributed by atoms with Gasteiger partial charge < -0.3 is 14.6 Å². The van der Waals surface area contributed by atoms with Crippen molar-refractivity contribution in [2.45, 2.75) is 25.8 Å². The largest absolute Gasteiger partial charge is 0.496 e. The number of halogens is 1. The van der Waals surface area contributed by atoms with Crippen molar-refractivity contribution in [3.8, 4) is 5.75 Å². The van der Waals surface area contributed by atoms with Gasteiger partial charge in [0.2, 0.25) is 0 Å². The number of fused-ring (bicyclic) bond motifs is 2. The van der Waals surface area contributed by atoms with Crippen LogP contribution < -0.4 is 4.74 Å². The van der Waals surface area contributed by atoms with Crippen molar-refractivity contribution in [3.63, 3.8) is 0 Å². The second kappa shape index (κ2) is 5.87. The highest BCUT2D eigenvalue weighted by Gasteiger charge is 2.39. The summed E-state index contributed by atoms with van der Waals surface area (Å²) in [7, 11) is 1.61. The molecule has 4 rings (SSSR count). The van der Waals surface area contributed by atoms with Crippen molar-refractivity contribution in [1.82, 2.24) is 9.88 Å². The van der Waals surface area contributed by atoms with Gasteiger partial charge in [-0.15, -0.1) is 0 Å². The van der Waals surface area contributed by atoms with Crippen molar-refractivity contribution in [2.24, 2.45) is 0 Å². The van der Waals surface area contributed by atoms with Gasteiger partial charge in [-0.3, -0.25) is 4.79 Å². The number of aromatic nitrogens is 1. The monoisotopic (exact) mass is 352 g/mol. The molecule has 1 aliphatic heterocycles. The molecule has 0 saturated heterocycles. The summed E-state index contributed by atoms with van der Waals surface area (Å²) in [6.45, 7) is 4.41. The van der Waals surface area contributed by atoms with E-state index in [1.54, 1.807) is 13.2 Å². The van der Waals surface area contributed by atoms with E-state index in [-0.39, 0.29) is 11.7 Å². The third kappa shape index (κ3) is 2.38. The highest BCUT2D eigenvalue weighted by Crippen LogP contribution is 2.37. The molecule has 0 spiro atoms. The lowest BCUT2D eigenvalue weighted by atomic mass is 9.83. The predicted octanol–water partition coefficient (Wildman–Crippen LogP) is 4.25. The number of carbonyl (C=O) groups excluding carboxylic acids is 1. The Hall–Kier alpha value is -2.82. The zero-order valence-corrected chi connectivity index (χ0v) is 15.1. The smallest absolute Gasteiger partial charge is 0.271 e. The highest BCUT2D eigenvalue weighted by atomic mass is 19.1. The number of hydrogen-bond acceptors (Lipinski definition) is 2. The number of rotatable bonds is 2. The third-order valence-electron chi connectivity index (χ3n) is 5.36. The van der Waals surface area contributed by atoms with Gasteiger partial charge in [-0.25, -0.2) is 4.39 Å². The first-order valence-corrected chi connectivity index (χ1v) is 8.69. The molecule has 0 unspecified atom stereocenters. The van der Waals surface area contributed by atoms with E-state index in [9.17, 15) is 9.18 Å². The molecule has 134 valence electrons. The summed E-state index contributed by atoms with van der Waals surface area (Å²) in [4.78, 5) is 18.2. The minimum absolute atomic E-state index is 0.0943. The van der Waals surface area contributed by atoms with E-state index in [0.717, 1.165) is 22.2 Å². The molecule has 0 radical (unpaired) electrons. The molecule has 1 aromatic heterocycles. The van der Waals surface area contributed by atoms with E-state index in [1.165, 1.54) is 6.07 Å². The Morgan fingerprint density at radius 1 is 1.23 bits per heavy atom. The van der Waals surface area contributed by atoms with Gasteiger partial charge in [-0.1, -0.05) is 18.2 Å². The Bertz CT molecular complexity index is 1010. The normalized spacial score (nSPS) is 15.8. The molecular weight excluding hydrogens is 331 g/mol. The fourth-order valence-corrected chi connectivity index (χ4v) is 3.96. The zero-order valence-electron chi connectivity index (χ0n) is 15.1. The van der Waals surface area contributed by atoms with Crippen molar-refractivity contribution in [2.75, 3.05) is 13.7 Å². The summed E-state index contributed by atoms with van der Waals surface area (Å²) in [5.41, 5.74) is 2.35. The van der Waals surface area contributed by atoms with Crippen LogP contribution in [0.2, 0.25) is 0 Å². The number of H-pyrrole nitrogens is 1. The molecular formula is C21H21FN2O2. The van der Waals surface area contributed by atoms with Crippen molar-refractivity contribution in [3.05, 3.63) is 65.1 Å².